The van der Waals surface area contributed by atoms with Crippen molar-refractivity contribution in [2.75, 3.05) is 0 Å². The Balaban J connectivity index is 2.01. The van der Waals surface area contributed by atoms with E-state index >= 15 is 0 Å². The quantitative estimate of drug-likeness (QED) is 0.639. The molecule has 3 nitrogen and oxygen atoms in total. The zero-order chi connectivity index (χ0) is 14.1. The van der Waals surface area contributed by atoms with Gasteiger partial charge in [0.15, 0.2) is 11.7 Å². The van der Waals surface area contributed by atoms with E-state index in [-0.39, 0.29) is 5.78 Å². The van der Waals surface area contributed by atoms with Crippen LogP contribution in [0.5, 0.6) is 0 Å². The van der Waals surface area contributed by atoms with Gasteiger partial charge in [-0.15, -0.1) is 22.7 Å². The first-order valence-electron chi connectivity index (χ1n) is 5.73. The highest BCUT2D eigenvalue weighted by molar-refractivity contribution is 9.11. The van der Waals surface area contributed by atoms with Gasteiger partial charge in [-0.3, -0.25) is 4.79 Å². The molecule has 0 radical (unpaired) electrons. The van der Waals surface area contributed by atoms with E-state index in [1.807, 2.05) is 30.3 Å². The molecule has 0 unspecified atom stereocenters. The van der Waals surface area contributed by atoms with E-state index in [0.29, 0.717) is 9.88 Å². The molecule has 6 heteroatoms. The van der Waals surface area contributed by atoms with Gasteiger partial charge in [0.05, 0.1) is 24.9 Å². The van der Waals surface area contributed by atoms with Gasteiger partial charge in [-0.2, -0.15) is 5.26 Å². The number of ketones is 1. The summed E-state index contributed by atoms with van der Waals surface area (Å²) < 4.78 is 1.87. The highest BCUT2D eigenvalue weighted by Gasteiger charge is 2.26. The monoisotopic (exact) mass is 362 g/mol. The number of Topliss-reactive ketones (excluding diaryl/α,β-unsaturated/α-hetero) is 1. The second-order valence-electron chi connectivity index (χ2n) is 4.05. The number of nitrogens with zero attached hydrogens (tertiary/aromatic N) is 2. The summed E-state index contributed by atoms with van der Waals surface area (Å²) in [7, 11) is 0. The van der Waals surface area contributed by atoms with Crippen molar-refractivity contribution >= 4 is 54.6 Å². The molecule has 0 saturated carbocycles. The van der Waals surface area contributed by atoms with Crippen molar-refractivity contribution in [3.8, 4) is 6.07 Å². The van der Waals surface area contributed by atoms with Crippen molar-refractivity contribution in [1.82, 2.24) is 4.98 Å². The number of thiophene rings is 1. The van der Waals surface area contributed by atoms with Gasteiger partial charge in [0.2, 0.25) is 0 Å². The number of nitriles is 1. The van der Waals surface area contributed by atoms with Crippen LogP contribution in [-0.2, 0) is 0 Å². The molecule has 0 fully saturated rings. The first-order valence-corrected chi connectivity index (χ1v) is 8.16. The van der Waals surface area contributed by atoms with Crippen LogP contribution >= 0.6 is 38.6 Å². The number of hydrogen-bond donors (Lipinski definition) is 0. The van der Waals surface area contributed by atoms with E-state index in [4.69, 9.17) is 0 Å². The summed E-state index contributed by atoms with van der Waals surface area (Å²) in [6.07, 6.45) is 0. The van der Waals surface area contributed by atoms with E-state index in [2.05, 4.69) is 27.0 Å². The maximum absolute atomic E-state index is 12.4. The van der Waals surface area contributed by atoms with Crippen molar-refractivity contribution in [2.24, 2.45) is 0 Å². The molecule has 0 aliphatic carbocycles. The molecule has 0 N–H and O–H groups in total. The lowest BCUT2D eigenvalue weighted by atomic mass is 10.1. The minimum Gasteiger partial charge on any atom is -0.291 e. The van der Waals surface area contributed by atoms with Gasteiger partial charge in [0.1, 0.15) is 5.01 Å². The van der Waals surface area contributed by atoms with Crippen LogP contribution in [0.3, 0.4) is 0 Å². The predicted molar refractivity (Wildman–Crippen MR) is 84.3 cm³/mol. The van der Waals surface area contributed by atoms with Crippen LogP contribution in [0, 0.1) is 11.3 Å². The number of halogens is 1. The van der Waals surface area contributed by atoms with Gasteiger partial charge >= 0.3 is 0 Å². The molecule has 0 aliphatic rings. The average molecular weight is 363 g/mol. The minimum atomic E-state index is -0.835. The summed E-state index contributed by atoms with van der Waals surface area (Å²) in [5, 5.41) is 9.89. The van der Waals surface area contributed by atoms with Crippen molar-refractivity contribution in [3.05, 3.63) is 50.1 Å². The van der Waals surface area contributed by atoms with Crippen molar-refractivity contribution in [3.63, 3.8) is 0 Å². The number of aromatic nitrogens is 1. The van der Waals surface area contributed by atoms with Gasteiger partial charge in [0.25, 0.3) is 0 Å². The molecule has 0 bridgehead atoms. The van der Waals surface area contributed by atoms with Crippen molar-refractivity contribution < 1.29 is 4.79 Å². The lowest BCUT2D eigenvalue weighted by Crippen LogP contribution is -2.09. The SMILES string of the molecule is N#C[C@H](C(=O)c1ccc(Br)s1)c1nc2ccccc2s1. The van der Waals surface area contributed by atoms with Crippen LogP contribution in [0.1, 0.15) is 20.6 Å². The summed E-state index contributed by atoms with van der Waals surface area (Å²) in [4.78, 5) is 17.4. The van der Waals surface area contributed by atoms with Gasteiger partial charge in [-0.1, -0.05) is 12.1 Å². The molecule has 2 heterocycles. The zero-order valence-corrected chi connectivity index (χ0v) is 13.3. The molecule has 2 aromatic heterocycles. The number of benzene rings is 1. The Bertz CT molecular complexity index is 798. The number of hydrogen-bond acceptors (Lipinski definition) is 5. The van der Waals surface area contributed by atoms with Crippen molar-refractivity contribution in [2.45, 2.75) is 5.92 Å². The Kier molecular flexibility index (Phi) is 3.66. The molecule has 0 spiro atoms. The van der Waals surface area contributed by atoms with E-state index in [1.165, 1.54) is 22.7 Å². The van der Waals surface area contributed by atoms with E-state index in [0.717, 1.165) is 14.0 Å². The van der Waals surface area contributed by atoms with E-state index in [1.54, 1.807) is 6.07 Å². The molecule has 1 atom stereocenters. The Morgan fingerprint density at radius 3 is 2.70 bits per heavy atom. The topological polar surface area (TPSA) is 53.8 Å². The second kappa shape index (κ2) is 5.44. The lowest BCUT2D eigenvalue weighted by Gasteiger charge is -2.01. The Labute approximate surface area is 131 Å². The van der Waals surface area contributed by atoms with Gasteiger partial charge in [0, 0.05) is 0 Å². The maximum Gasteiger partial charge on any atom is 0.196 e. The molecule has 0 saturated heterocycles. The molecule has 3 rings (SSSR count). The number of carbonyl (C=O) groups is 1. The number of para-hydroxylation sites is 1. The third kappa shape index (κ3) is 2.40. The van der Waals surface area contributed by atoms with Gasteiger partial charge in [-0.05, 0) is 40.2 Å². The number of fused-ring (bicyclic) bond motifs is 1. The zero-order valence-electron chi connectivity index (χ0n) is 10.0. The summed E-state index contributed by atoms with van der Waals surface area (Å²) in [5.74, 6) is -1.03. The Morgan fingerprint density at radius 2 is 2.05 bits per heavy atom. The molecule has 3 aromatic rings. The standard InChI is InChI=1S/C14H7BrN2OS2/c15-12-6-5-11(19-12)13(18)8(7-16)14-17-9-3-1-2-4-10(9)20-14/h1-6,8H/t8-/m1/s1. The Morgan fingerprint density at radius 1 is 1.25 bits per heavy atom. The van der Waals surface area contributed by atoms with E-state index < -0.39 is 5.92 Å². The number of carbonyl (C=O) groups excluding carboxylic acids is 1. The number of thiazole rings is 1. The van der Waals surface area contributed by atoms with Crippen LogP contribution in [0.25, 0.3) is 10.2 Å². The molecular weight excluding hydrogens is 356 g/mol. The van der Waals surface area contributed by atoms with Crippen LogP contribution in [-0.4, -0.2) is 10.8 Å². The first-order chi connectivity index (χ1) is 9.69. The minimum absolute atomic E-state index is 0.192. The fourth-order valence-electron chi connectivity index (χ4n) is 1.83. The van der Waals surface area contributed by atoms with Crippen LogP contribution in [0.2, 0.25) is 0 Å². The smallest absolute Gasteiger partial charge is 0.196 e. The maximum atomic E-state index is 12.4. The normalized spacial score (nSPS) is 12.2. The van der Waals surface area contributed by atoms with Crippen LogP contribution in [0.4, 0.5) is 0 Å². The van der Waals surface area contributed by atoms with Gasteiger partial charge in [-0.25, -0.2) is 4.98 Å². The summed E-state index contributed by atoms with van der Waals surface area (Å²) >= 11 is 6.06. The molecule has 0 amide bonds. The molecular formula is C14H7BrN2OS2. The molecule has 0 aliphatic heterocycles. The number of rotatable bonds is 3. The largest absolute Gasteiger partial charge is 0.291 e. The summed E-state index contributed by atoms with van der Waals surface area (Å²) in [6.45, 7) is 0. The van der Waals surface area contributed by atoms with Crippen LogP contribution < -0.4 is 0 Å². The predicted octanol–water partition coefficient (Wildman–Crippen LogP) is 4.61. The van der Waals surface area contributed by atoms with Crippen LogP contribution in [0.15, 0.2) is 40.2 Å². The fourth-order valence-corrected chi connectivity index (χ4v) is 4.20. The first kappa shape index (κ1) is 13.4. The summed E-state index contributed by atoms with van der Waals surface area (Å²) in [5.41, 5.74) is 0.827. The van der Waals surface area contributed by atoms with E-state index in [9.17, 15) is 10.1 Å². The molecule has 20 heavy (non-hydrogen) atoms. The average Bonchev–Trinajstić information content (AvgIpc) is 3.05. The third-order valence-electron chi connectivity index (χ3n) is 2.76. The third-order valence-corrected chi connectivity index (χ3v) is 5.50. The second-order valence-corrected chi connectivity index (χ2v) is 7.58. The highest BCUT2D eigenvalue weighted by atomic mass is 79.9. The lowest BCUT2D eigenvalue weighted by molar-refractivity contribution is 0.0983. The fraction of sp³-hybridized carbons (Fsp3) is 0.0714. The molecule has 1 aromatic carbocycles. The van der Waals surface area contributed by atoms with Gasteiger partial charge < -0.3 is 0 Å². The summed E-state index contributed by atoms with van der Waals surface area (Å²) in [6, 6.07) is 13.3. The van der Waals surface area contributed by atoms with Crippen molar-refractivity contribution in [1.29, 1.82) is 5.26 Å². The molecule has 98 valence electrons. The highest BCUT2D eigenvalue weighted by Crippen LogP contribution is 2.32. The Hall–Kier alpha value is -1.55.